The van der Waals surface area contributed by atoms with Gasteiger partial charge in [-0.2, -0.15) is 5.10 Å². The largest absolute Gasteiger partial charge is 0.449 e. The molecule has 0 bridgehead atoms. The van der Waals surface area contributed by atoms with E-state index in [1.165, 1.54) is 6.08 Å². The van der Waals surface area contributed by atoms with E-state index in [-0.39, 0.29) is 5.89 Å². The van der Waals surface area contributed by atoms with Crippen molar-refractivity contribution in [3.05, 3.63) is 70.2 Å². The molecule has 1 unspecified atom stereocenters. The van der Waals surface area contributed by atoms with E-state index in [4.69, 9.17) is 20.8 Å². The molecule has 0 aliphatic carbocycles. The molecule has 1 aromatic carbocycles. The second kappa shape index (κ2) is 8.18. The molecule has 27 heavy (non-hydrogen) atoms. The van der Waals surface area contributed by atoms with Crippen LogP contribution in [-0.4, -0.2) is 25.9 Å². The maximum absolute atomic E-state index is 12.1. The second-order valence-electron chi connectivity index (χ2n) is 6.00. The topological polar surface area (TPSA) is 83.0 Å². The average Bonchev–Trinajstić information content (AvgIpc) is 3.18. The smallest absolute Gasteiger partial charge is 0.331 e. The van der Waals surface area contributed by atoms with Crippen LogP contribution in [0.5, 0.6) is 0 Å². The summed E-state index contributed by atoms with van der Waals surface area (Å²) in [5, 5.41) is 12.5. The van der Waals surface area contributed by atoms with Gasteiger partial charge in [0.15, 0.2) is 6.10 Å². The van der Waals surface area contributed by atoms with E-state index < -0.39 is 12.1 Å². The molecule has 0 saturated heterocycles. The Bertz CT molecular complexity index is 963. The molecule has 2 aromatic heterocycles. The standard InChI is InChI=1S/C19H19ClN4O3/c1-12-16(18(20)24(23-12)11-15-7-5-4-6-8-15)9-10-17(25)26-13(2)19-22-21-14(3)27-19/h4-10,13H,11H2,1-3H3/b10-9+. The van der Waals surface area contributed by atoms with E-state index >= 15 is 0 Å². The molecule has 2 heterocycles. The zero-order valence-electron chi connectivity index (χ0n) is 15.2. The number of aromatic nitrogens is 4. The fourth-order valence-corrected chi connectivity index (χ4v) is 2.81. The fraction of sp³-hybridized carbons (Fsp3) is 0.263. The summed E-state index contributed by atoms with van der Waals surface area (Å²) in [5.74, 6) is 0.125. The van der Waals surface area contributed by atoms with Crippen molar-refractivity contribution in [2.45, 2.75) is 33.4 Å². The summed E-state index contributed by atoms with van der Waals surface area (Å²) in [6.45, 7) is 5.71. The van der Waals surface area contributed by atoms with Crippen LogP contribution in [0.3, 0.4) is 0 Å². The molecule has 0 fully saturated rings. The van der Waals surface area contributed by atoms with Crippen LogP contribution in [0.2, 0.25) is 5.15 Å². The van der Waals surface area contributed by atoms with Crippen molar-refractivity contribution in [3.8, 4) is 0 Å². The number of benzene rings is 1. The van der Waals surface area contributed by atoms with Crippen molar-refractivity contribution in [2.24, 2.45) is 0 Å². The van der Waals surface area contributed by atoms with Crippen LogP contribution in [0.15, 0.2) is 40.8 Å². The number of rotatable bonds is 6. The van der Waals surface area contributed by atoms with Gasteiger partial charge >= 0.3 is 5.97 Å². The first-order chi connectivity index (χ1) is 12.9. The Morgan fingerprint density at radius 3 is 2.70 bits per heavy atom. The van der Waals surface area contributed by atoms with E-state index in [1.807, 2.05) is 37.3 Å². The Morgan fingerprint density at radius 2 is 2.04 bits per heavy atom. The molecule has 0 radical (unpaired) electrons. The summed E-state index contributed by atoms with van der Waals surface area (Å²) in [6, 6.07) is 9.88. The number of halogens is 1. The molecule has 0 saturated carbocycles. The van der Waals surface area contributed by atoms with Crippen molar-refractivity contribution in [1.82, 2.24) is 20.0 Å². The molecule has 0 amide bonds. The summed E-state index contributed by atoms with van der Waals surface area (Å²) in [5.41, 5.74) is 2.48. The summed E-state index contributed by atoms with van der Waals surface area (Å²) < 4.78 is 12.2. The van der Waals surface area contributed by atoms with Crippen molar-refractivity contribution in [1.29, 1.82) is 0 Å². The predicted octanol–water partition coefficient (Wildman–Crippen LogP) is 3.90. The highest BCUT2D eigenvalue weighted by Crippen LogP contribution is 2.23. The Morgan fingerprint density at radius 1 is 1.30 bits per heavy atom. The van der Waals surface area contributed by atoms with Crippen LogP contribution in [0, 0.1) is 13.8 Å². The van der Waals surface area contributed by atoms with Crippen molar-refractivity contribution >= 4 is 23.6 Å². The number of carbonyl (C=O) groups is 1. The van der Waals surface area contributed by atoms with Gasteiger partial charge in [0, 0.05) is 18.6 Å². The predicted molar refractivity (Wildman–Crippen MR) is 100 cm³/mol. The average molecular weight is 387 g/mol. The van der Waals surface area contributed by atoms with Crippen molar-refractivity contribution in [2.75, 3.05) is 0 Å². The molecule has 8 heteroatoms. The first-order valence-corrected chi connectivity index (χ1v) is 8.77. The lowest BCUT2D eigenvalue weighted by Crippen LogP contribution is -2.06. The Labute approximate surface area is 161 Å². The van der Waals surface area contributed by atoms with Gasteiger partial charge in [0.1, 0.15) is 5.15 Å². The van der Waals surface area contributed by atoms with Crippen LogP contribution in [0.4, 0.5) is 0 Å². The van der Waals surface area contributed by atoms with Gasteiger partial charge in [-0.25, -0.2) is 9.48 Å². The molecule has 7 nitrogen and oxygen atoms in total. The third-order valence-corrected chi connectivity index (χ3v) is 4.25. The van der Waals surface area contributed by atoms with Gasteiger partial charge in [0.2, 0.25) is 5.89 Å². The number of hydrogen-bond donors (Lipinski definition) is 0. The molecule has 0 aliphatic rings. The third kappa shape index (κ3) is 4.62. The summed E-state index contributed by atoms with van der Waals surface area (Å²) in [7, 11) is 0. The molecule has 0 spiro atoms. The van der Waals surface area contributed by atoms with E-state index in [2.05, 4.69) is 15.3 Å². The highest BCUT2D eigenvalue weighted by atomic mass is 35.5. The third-order valence-electron chi connectivity index (χ3n) is 3.85. The summed E-state index contributed by atoms with van der Waals surface area (Å²) >= 11 is 6.43. The number of esters is 1. The van der Waals surface area contributed by atoms with Crippen LogP contribution in [-0.2, 0) is 16.1 Å². The number of carbonyl (C=O) groups excluding carboxylic acids is 1. The molecular formula is C19H19ClN4O3. The van der Waals surface area contributed by atoms with Crippen LogP contribution < -0.4 is 0 Å². The molecule has 0 N–H and O–H groups in total. The van der Waals surface area contributed by atoms with Gasteiger partial charge < -0.3 is 9.15 Å². The molecular weight excluding hydrogens is 368 g/mol. The number of nitrogens with zero attached hydrogens (tertiary/aromatic N) is 4. The van der Waals surface area contributed by atoms with E-state index in [9.17, 15) is 4.79 Å². The molecule has 1 atom stereocenters. The summed E-state index contributed by atoms with van der Waals surface area (Å²) in [4.78, 5) is 12.1. The minimum Gasteiger partial charge on any atom is -0.449 e. The summed E-state index contributed by atoms with van der Waals surface area (Å²) in [6.07, 6.45) is 2.27. The fourth-order valence-electron chi connectivity index (χ4n) is 2.51. The molecule has 3 aromatic rings. The maximum Gasteiger partial charge on any atom is 0.331 e. The zero-order valence-corrected chi connectivity index (χ0v) is 16.0. The van der Waals surface area contributed by atoms with Gasteiger partial charge in [-0.15, -0.1) is 10.2 Å². The van der Waals surface area contributed by atoms with Crippen molar-refractivity contribution < 1.29 is 13.9 Å². The highest BCUT2D eigenvalue weighted by Gasteiger charge is 2.17. The van der Waals surface area contributed by atoms with E-state index in [0.717, 1.165) is 11.3 Å². The van der Waals surface area contributed by atoms with Crippen LogP contribution in [0.25, 0.3) is 6.08 Å². The lowest BCUT2D eigenvalue weighted by atomic mass is 10.2. The first kappa shape index (κ1) is 18.8. The number of ether oxygens (including phenoxy) is 1. The quantitative estimate of drug-likeness (QED) is 0.472. The SMILES string of the molecule is Cc1nnc(C(C)OC(=O)/C=C/c2c(C)nn(Cc3ccccc3)c2Cl)o1. The zero-order chi connectivity index (χ0) is 19.4. The highest BCUT2D eigenvalue weighted by molar-refractivity contribution is 6.31. The van der Waals surface area contributed by atoms with Crippen LogP contribution >= 0.6 is 11.6 Å². The maximum atomic E-state index is 12.1. The molecule has 140 valence electrons. The van der Waals surface area contributed by atoms with Gasteiger partial charge in [0.25, 0.3) is 5.89 Å². The van der Waals surface area contributed by atoms with Gasteiger partial charge in [-0.3, -0.25) is 0 Å². The molecule has 0 aliphatic heterocycles. The lowest BCUT2D eigenvalue weighted by Gasteiger charge is -2.06. The van der Waals surface area contributed by atoms with Crippen LogP contribution in [0.1, 0.15) is 41.6 Å². The molecule has 3 rings (SSSR count). The van der Waals surface area contributed by atoms with E-state index in [0.29, 0.717) is 23.2 Å². The lowest BCUT2D eigenvalue weighted by molar-refractivity contribution is -0.143. The van der Waals surface area contributed by atoms with E-state index in [1.54, 1.807) is 24.6 Å². The Balaban J connectivity index is 1.68. The minimum absolute atomic E-state index is 0.249. The van der Waals surface area contributed by atoms with Gasteiger partial charge in [0.05, 0.1) is 12.2 Å². The van der Waals surface area contributed by atoms with Crippen molar-refractivity contribution in [3.63, 3.8) is 0 Å². The van der Waals surface area contributed by atoms with Gasteiger partial charge in [-0.1, -0.05) is 41.9 Å². The minimum atomic E-state index is -0.638. The Hall–Kier alpha value is -2.93. The first-order valence-electron chi connectivity index (χ1n) is 8.39. The van der Waals surface area contributed by atoms with Gasteiger partial charge in [-0.05, 0) is 25.5 Å². The number of hydrogen-bond acceptors (Lipinski definition) is 6. The normalized spacial score (nSPS) is 12.4. The second-order valence-corrected chi connectivity index (χ2v) is 6.36. The monoisotopic (exact) mass is 386 g/mol. The Kier molecular flexibility index (Phi) is 5.71. The number of aryl methyl sites for hydroxylation is 2.